The zero-order chi connectivity index (χ0) is 19.5. The predicted octanol–water partition coefficient (Wildman–Crippen LogP) is 4.23. The average molecular weight is 391 g/mol. The van der Waals surface area contributed by atoms with Crippen molar-refractivity contribution >= 4 is 29.1 Å². The van der Waals surface area contributed by atoms with E-state index in [0.29, 0.717) is 29.2 Å². The van der Waals surface area contributed by atoms with Gasteiger partial charge >= 0.3 is 0 Å². The lowest BCUT2D eigenvalue weighted by molar-refractivity contribution is -0.120. The van der Waals surface area contributed by atoms with E-state index >= 15 is 0 Å². The van der Waals surface area contributed by atoms with Crippen LogP contribution < -0.4 is 10.2 Å². The summed E-state index contributed by atoms with van der Waals surface area (Å²) >= 11 is 6.12. The van der Waals surface area contributed by atoms with Crippen LogP contribution >= 0.6 is 11.6 Å². The van der Waals surface area contributed by atoms with Gasteiger partial charge in [-0.2, -0.15) is 0 Å². The molecular formula is C23H19ClN2O2. The normalized spacial score (nSPS) is 16.3. The quantitative estimate of drug-likeness (QED) is 0.724. The molecule has 140 valence electrons. The van der Waals surface area contributed by atoms with Gasteiger partial charge in [0.15, 0.2) is 0 Å². The maximum Gasteiger partial charge on any atom is 0.254 e. The highest BCUT2D eigenvalue weighted by molar-refractivity contribution is 6.31. The number of rotatable bonds is 4. The van der Waals surface area contributed by atoms with Gasteiger partial charge in [-0.05, 0) is 29.3 Å². The molecule has 1 aliphatic rings. The van der Waals surface area contributed by atoms with Gasteiger partial charge < -0.3 is 10.2 Å². The van der Waals surface area contributed by atoms with Crippen LogP contribution in [-0.4, -0.2) is 17.9 Å². The van der Waals surface area contributed by atoms with E-state index in [4.69, 9.17) is 11.6 Å². The third kappa shape index (κ3) is 3.78. The van der Waals surface area contributed by atoms with E-state index in [2.05, 4.69) is 5.32 Å². The zero-order valence-electron chi connectivity index (χ0n) is 15.1. The first-order valence-electron chi connectivity index (χ1n) is 9.11. The first-order valence-corrected chi connectivity index (χ1v) is 9.49. The minimum absolute atomic E-state index is 0.137. The van der Waals surface area contributed by atoms with Crippen molar-refractivity contribution < 1.29 is 9.59 Å². The molecular weight excluding hydrogens is 372 g/mol. The fourth-order valence-electron chi connectivity index (χ4n) is 3.45. The van der Waals surface area contributed by atoms with Crippen molar-refractivity contribution in [3.63, 3.8) is 0 Å². The van der Waals surface area contributed by atoms with Crippen LogP contribution in [0.5, 0.6) is 0 Å². The molecule has 2 amide bonds. The van der Waals surface area contributed by atoms with E-state index in [1.165, 1.54) is 0 Å². The summed E-state index contributed by atoms with van der Waals surface area (Å²) in [6, 6.07) is 23.8. The van der Waals surface area contributed by atoms with Gasteiger partial charge in [-0.15, -0.1) is 0 Å². The van der Waals surface area contributed by atoms with Crippen molar-refractivity contribution in [2.75, 3.05) is 4.90 Å². The standard InChI is InChI=1S/C23H19ClN2O2/c24-18-11-12-21-19(14-18)22(27)25-20(13-16-7-3-1-4-8-16)23(28)26(21)15-17-9-5-2-6-10-17/h1-12,14,20H,13,15H2,(H,25,27)/t20-/m0/s1. The second-order valence-electron chi connectivity index (χ2n) is 6.79. The number of nitrogens with one attached hydrogen (secondary N) is 1. The Morgan fingerprint density at radius 1 is 0.857 bits per heavy atom. The van der Waals surface area contributed by atoms with E-state index < -0.39 is 6.04 Å². The molecule has 0 spiro atoms. The molecule has 0 fully saturated rings. The maximum absolute atomic E-state index is 13.4. The molecule has 28 heavy (non-hydrogen) atoms. The van der Waals surface area contributed by atoms with Crippen molar-refractivity contribution in [3.05, 3.63) is 101 Å². The highest BCUT2D eigenvalue weighted by atomic mass is 35.5. The molecule has 4 rings (SSSR count). The number of fused-ring (bicyclic) bond motifs is 1. The van der Waals surface area contributed by atoms with E-state index in [1.807, 2.05) is 60.7 Å². The largest absolute Gasteiger partial charge is 0.340 e. The average Bonchev–Trinajstić information content (AvgIpc) is 2.80. The Hall–Kier alpha value is -3.11. The number of hydrogen-bond acceptors (Lipinski definition) is 2. The van der Waals surface area contributed by atoms with E-state index in [0.717, 1.165) is 11.1 Å². The maximum atomic E-state index is 13.4. The third-order valence-electron chi connectivity index (χ3n) is 4.83. The number of anilines is 1. The predicted molar refractivity (Wildman–Crippen MR) is 110 cm³/mol. The number of hydrogen-bond donors (Lipinski definition) is 1. The summed E-state index contributed by atoms with van der Waals surface area (Å²) in [6.07, 6.45) is 0.429. The van der Waals surface area contributed by atoms with Crippen molar-refractivity contribution in [2.45, 2.75) is 19.0 Å². The number of carbonyl (C=O) groups excluding carboxylic acids is 2. The molecule has 0 saturated heterocycles. The van der Waals surface area contributed by atoms with Gasteiger partial charge in [0.25, 0.3) is 5.91 Å². The number of amides is 2. The number of nitrogens with zero attached hydrogens (tertiary/aromatic N) is 1. The van der Waals surface area contributed by atoms with Gasteiger partial charge in [0, 0.05) is 11.4 Å². The molecule has 0 saturated carbocycles. The molecule has 1 heterocycles. The molecule has 5 heteroatoms. The van der Waals surface area contributed by atoms with E-state index in [9.17, 15) is 9.59 Å². The van der Waals surface area contributed by atoms with Crippen LogP contribution in [0.3, 0.4) is 0 Å². The fourth-order valence-corrected chi connectivity index (χ4v) is 3.62. The second kappa shape index (κ2) is 7.87. The van der Waals surface area contributed by atoms with Gasteiger partial charge in [0.05, 0.1) is 17.8 Å². The summed E-state index contributed by atoms with van der Waals surface area (Å²) in [5, 5.41) is 3.35. The molecule has 1 aliphatic heterocycles. The minimum atomic E-state index is -0.648. The smallest absolute Gasteiger partial charge is 0.254 e. The van der Waals surface area contributed by atoms with Crippen LogP contribution in [0.1, 0.15) is 21.5 Å². The molecule has 0 aliphatic carbocycles. The minimum Gasteiger partial charge on any atom is -0.340 e. The molecule has 0 bridgehead atoms. The van der Waals surface area contributed by atoms with E-state index in [-0.39, 0.29) is 11.8 Å². The molecule has 1 atom stereocenters. The SMILES string of the molecule is O=C1N[C@@H](Cc2ccccc2)C(=O)N(Cc2ccccc2)c2ccc(Cl)cc21. The van der Waals surface area contributed by atoms with Gasteiger partial charge in [-0.25, -0.2) is 0 Å². The summed E-state index contributed by atoms with van der Waals surface area (Å²) < 4.78 is 0. The number of halogens is 1. The van der Waals surface area contributed by atoms with Crippen LogP contribution in [0.4, 0.5) is 5.69 Å². The molecule has 4 nitrogen and oxygen atoms in total. The highest BCUT2D eigenvalue weighted by Crippen LogP contribution is 2.29. The zero-order valence-corrected chi connectivity index (χ0v) is 15.9. The Morgan fingerprint density at radius 2 is 1.50 bits per heavy atom. The summed E-state index contributed by atoms with van der Waals surface area (Å²) in [7, 11) is 0. The van der Waals surface area contributed by atoms with Gasteiger partial charge in [-0.1, -0.05) is 72.3 Å². The lowest BCUT2D eigenvalue weighted by atomic mass is 10.0. The molecule has 1 N–H and O–H groups in total. The van der Waals surface area contributed by atoms with Gasteiger partial charge in [-0.3, -0.25) is 9.59 Å². The Labute approximate surface area is 168 Å². The third-order valence-corrected chi connectivity index (χ3v) is 5.06. The first kappa shape index (κ1) is 18.3. The summed E-state index contributed by atoms with van der Waals surface area (Å²) in [5.74, 6) is -0.426. The van der Waals surface area contributed by atoms with Crippen molar-refractivity contribution in [1.82, 2.24) is 5.32 Å². The van der Waals surface area contributed by atoms with Crippen LogP contribution in [0, 0.1) is 0 Å². The van der Waals surface area contributed by atoms with Crippen LogP contribution in [0.15, 0.2) is 78.9 Å². The summed E-state index contributed by atoms with van der Waals surface area (Å²) in [6.45, 7) is 0.383. The summed E-state index contributed by atoms with van der Waals surface area (Å²) in [5.41, 5.74) is 2.97. The lowest BCUT2D eigenvalue weighted by Gasteiger charge is -2.25. The molecule has 3 aromatic carbocycles. The fraction of sp³-hybridized carbons (Fsp3) is 0.130. The van der Waals surface area contributed by atoms with Crippen molar-refractivity contribution in [3.8, 4) is 0 Å². The Morgan fingerprint density at radius 3 is 2.18 bits per heavy atom. The molecule has 3 aromatic rings. The van der Waals surface area contributed by atoms with Crippen LogP contribution in [0.25, 0.3) is 0 Å². The topological polar surface area (TPSA) is 49.4 Å². The summed E-state index contributed by atoms with van der Waals surface area (Å²) in [4.78, 5) is 28.0. The van der Waals surface area contributed by atoms with Crippen LogP contribution in [0.2, 0.25) is 5.02 Å². The van der Waals surface area contributed by atoms with Crippen LogP contribution in [-0.2, 0) is 17.8 Å². The molecule has 0 unspecified atom stereocenters. The monoisotopic (exact) mass is 390 g/mol. The Kier molecular flexibility index (Phi) is 5.13. The van der Waals surface area contributed by atoms with Gasteiger partial charge in [0.2, 0.25) is 5.91 Å². The van der Waals surface area contributed by atoms with Crippen molar-refractivity contribution in [1.29, 1.82) is 0 Å². The second-order valence-corrected chi connectivity index (χ2v) is 7.22. The van der Waals surface area contributed by atoms with Gasteiger partial charge in [0.1, 0.15) is 6.04 Å². The Balaban J connectivity index is 1.74. The molecule has 0 aromatic heterocycles. The highest BCUT2D eigenvalue weighted by Gasteiger charge is 2.34. The van der Waals surface area contributed by atoms with Crippen molar-refractivity contribution in [2.24, 2.45) is 0 Å². The molecule has 0 radical (unpaired) electrons. The first-order chi connectivity index (χ1) is 13.6. The number of carbonyl (C=O) groups is 2. The lowest BCUT2D eigenvalue weighted by Crippen LogP contribution is -2.46. The number of benzene rings is 3. The Bertz CT molecular complexity index is 1010. The van der Waals surface area contributed by atoms with E-state index in [1.54, 1.807) is 23.1 Å².